The summed E-state index contributed by atoms with van der Waals surface area (Å²) < 4.78 is 39.3. The molecule has 0 spiro atoms. The number of benzene rings is 2. The van der Waals surface area contributed by atoms with Crippen LogP contribution in [0.25, 0.3) is 22.6 Å². The van der Waals surface area contributed by atoms with E-state index in [1.165, 1.54) is 27.8 Å². The smallest absolute Gasteiger partial charge is 0.307 e. The Morgan fingerprint density at radius 1 is 1.18 bits per heavy atom. The number of rotatable bonds is 4. The Morgan fingerprint density at radius 3 is 2.55 bits per heavy atom. The van der Waals surface area contributed by atoms with E-state index in [-0.39, 0.29) is 22.7 Å². The van der Waals surface area contributed by atoms with Crippen molar-refractivity contribution in [3.05, 3.63) is 58.9 Å². The maximum absolute atomic E-state index is 12.9. The average Bonchev–Trinajstić information content (AvgIpc) is 3.41. The summed E-state index contributed by atoms with van der Waals surface area (Å²) in [6.07, 6.45) is -5.20. The summed E-state index contributed by atoms with van der Waals surface area (Å²) in [5.41, 5.74) is 4.23. The lowest BCUT2D eigenvalue weighted by Crippen LogP contribution is -2.51. The second kappa shape index (κ2) is 8.54. The van der Waals surface area contributed by atoms with Crippen LogP contribution in [0.5, 0.6) is 0 Å². The highest BCUT2D eigenvalue weighted by Crippen LogP contribution is 2.23. The van der Waals surface area contributed by atoms with Crippen molar-refractivity contribution in [1.82, 2.24) is 9.97 Å². The molecule has 170 valence electrons. The van der Waals surface area contributed by atoms with Gasteiger partial charge < -0.3 is 5.32 Å². The van der Waals surface area contributed by atoms with E-state index in [1.54, 1.807) is 36.7 Å². The number of H-pyrrole nitrogens is 1. The van der Waals surface area contributed by atoms with E-state index in [0.29, 0.717) is 11.2 Å². The Morgan fingerprint density at radius 2 is 1.91 bits per heavy atom. The molecule has 8 nitrogen and oxygen atoms in total. The van der Waals surface area contributed by atoms with Gasteiger partial charge in [0, 0.05) is 29.9 Å². The Labute approximate surface area is 189 Å². The molecule has 4 rings (SSSR count). The van der Waals surface area contributed by atoms with Crippen LogP contribution in [0, 0.1) is 6.92 Å². The molecule has 0 aliphatic rings. The van der Waals surface area contributed by atoms with Crippen LogP contribution in [0.1, 0.15) is 5.56 Å². The number of nitrogens with zero attached hydrogens (tertiary/aromatic N) is 3. The van der Waals surface area contributed by atoms with Crippen molar-refractivity contribution in [2.24, 2.45) is 0 Å². The standard InChI is InChI=1S/C21H16F3N5O3S/c1-12-3-6-14(7-4-12)28(2)20(31)26-13-5-8-15-17(9-13)29(32-19(30)21(22,23)24)18(27-15)16-10-33-11-25-16/h3-11H,1-2H3,(H,26,31)/p+1. The van der Waals surface area contributed by atoms with Gasteiger partial charge in [0.2, 0.25) is 5.52 Å². The van der Waals surface area contributed by atoms with E-state index in [4.69, 9.17) is 0 Å². The number of amides is 2. The second-order valence-electron chi connectivity index (χ2n) is 7.07. The summed E-state index contributed by atoms with van der Waals surface area (Å²) in [6, 6.07) is 11.3. The molecule has 4 aromatic rings. The van der Waals surface area contributed by atoms with E-state index >= 15 is 0 Å². The maximum atomic E-state index is 12.9. The number of hydrogen-bond donors (Lipinski definition) is 2. The fourth-order valence-electron chi connectivity index (χ4n) is 3.00. The number of hydrogen-bond acceptors (Lipinski definition) is 5. The minimum absolute atomic E-state index is 0.0455. The van der Waals surface area contributed by atoms with E-state index in [0.717, 1.165) is 10.3 Å². The quantitative estimate of drug-likeness (QED) is 0.435. The van der Waals surface area contributed by atoms with Crippen LogP contribution < -0.4 is 19.8 Å². The monoisotopic (exact) mass is 476 g/mol. The zero-order valence-electron chi connectivity index (χ0n) is 17.3. The van der Waals surface area contributed by atoms with Crippen LogP contribution >= 0.6 is 11.3 Å². The van der Waals surface area contributed by atoms with Crippen molar-refractivity contribution < 1.29 is 32.3 Å². The molecule has 33 heavy (non-hydrogen) atoms. The average molecular weight is 476 g/mol. The van der Waals surface area contributed by atoms with Gasteiger partial charge in [0.15, 0.2) is 11.2 Å². The van der Waals surface area contributed by atoms with Crippen LogP contribution in [0.3, 0.4) is 0 Å². The molecular formula is C21H17F3N5O3S+. The predicted octanol–water partition coefficient (Wildman–Crippen LogP) is 4.07. The fraction of sp³-hybridized carbons (Fsp3) is 0.143. The number of halogens is 3. The fourth-order valence-corrected chi connectivity index (χ4v) is 3.54. The molecule has 0 saturated heterocycles. The lowest BCUT2D eigenvalue weighted by molar-refractivity contribution is -0.841. The number of imidazole rings is 1. The number of aromatic nitrogens is 3. The number of anilines is 2. The molecule has 0 aliphatic heterocycles. The van der Waals surface area contributed by atoms with Gasteiger partial charge in [0.05, 0.1) is 5.51 Å². The third kappa shape index (κ3) is 4.65. The number of urea groups is 1. The number of aryl methyl sites for hydroxylation is 1. The van der Waals surface area contributed by atoms with Gasteiger partial charge in [-0.1, -0.05) is 17.7 Å². The summed E-state index contributed by atoms with van der Waals surface area (Å²) in [7, 11) is 1.58. The van der Waals surface area contributed by atoms with Crippen molar-refractivity contribution in [2.45, 2.75) is 13.1 Å². The van der Waals surface area contributed by atoms with Crippen molar-refractivity contribution in [3.63, 3.8) is 0 Å². The SMILES string of the molecule is Cc1ccc(N(C)C(=O)Nc2ccc3[nH]c(-c4cscn4)[n+](OC(=O)C(F)(F)F)c3c2)cc1. The lowest BCUT2D eigenvalue weighted by atomic mass is 10.2. The largest absolute Gasteiger partial charge is 0.495 e. The molecule has 0 fully saturated rings. The third-order valence-electron chi connectivity index (χ3n) is 4.73. The van der Waals surface area contributed by atoms with E-state index < -0.39 is 18.2 Å². The Balaban J connectivity index is 1.68. The molecule has 2 aromatic heterocycles. The van der Waals surface area contributed by atoms with Gasteiger partial charge in [-0.25, -0.2) is 24.4 Å². The molecule has 0 bridgehead atoms. The molecule has 0 saturated carbocycles. The Kier molecular flexibility index (Phi) is 5.77. The molecule has 0 atom stereocenters. The number of carbonyl (C=O) groups excluding carboxylic acids is 2. The van der Waals surface area contributed by atoms with Crippen molar-refractivity contribution in [1.29, 1.82) is 0 Å². The normalized spacial score (nSPS) is 11.4. The maximum Gasteiger partial charge on any atom is 0.495 e. The first-order valence-electron chi connectivity index (χ1n) is 9.50. The zero-order chi connectivity index (χ0) is 23.8. The van der Waals surface area contributed by atoms with E-state index in [2.05, 4.69) is 20.1 Å². The molecule has 2 aromatic carbocycles. The molecular weight excluding hydrogens is 459 g/mol. The molecule has 0 aliphatic carbocycles. The highest BCUT2D eigenvalue weighted by Gasteiger charge is 2.44. The first-order chi connectivity index (χ1) is 15.6. The molecule has 12 heteroatoms. The summed E-state index contributed by atoms with van der Waals surface area (Å²) in [4.78, 5) is 37.2. The van der Waals surface area contributed by atoms with Gasteiger partial charge >= 0.3 is 24.0 Å². The first-order valence-corrected chi connectivity index (χ1v) is 10.4. The number of nitrogens with one attached hydrogen (secondary N) is 2. The van der Waals surface area contributed by atoms with Gasteiger partial charge in [-0.15, -0.1) is 11.3 Å². The van der Waals surface area contributed by atoms with Crippen LogP contribution in [-0.4, -0.2) is 35.2 Å². The third-order valence-corrected chi connectivity index (χ3v) is 5.32. The number of fused-ring (bicyclic) bond motifs is 1. The van der Waals surface area contributed by atoms with Crippen LogP contribution in [0.4, 0.5) is 29.3 Å². The van der Waals surface area contributed by atoms with Crippen LogP contribution in [0.2, 0.25) is 0 Å². The van der Waals surface area contributed by atoms with Gasteiger partial charge in [-0.05, 0) is 35.9 Å². The predicted molar refractivity (Wildman–Crippen MR) is 116 cm³/mol. The number of aromatic amines is 1. The van der Waals surface area contributed by atoms with Gasteiger partial charge in [-0.3, -0.25) is 4.90 Å². The lowest BCUT2D eigenvalue weighted by Gasteiger charge is -2.18. The molecule has 2 amide bonds. The minimum Gasteiger partial charge on any atom is -0.307 e. The minimum atomic E-state index is -5.20. The van der Waals surface area contributed by atoms with Gasteiger partial charge in [0.1, 0.15) is 0 Å². The van der Waals surface area contributed by atoms with E-state index in [9.17, 15) is 22.8 Å². The van der Waals surface area contributed by atoms with E-state index in [1.807, 2.05) is 19.1 Å². The molecule has 2 N–H and O–H groups in total. The Hall–Kier alpha value is -3.93. The zero-order valence-corrected chi connectivity index (χ0v) is 18.1. The molecule has 0 radical (unpaired) electrons. The van der Waals surface area contributed by atoms with Crippen molar-refractivity contribution in [2.75, 3.05) is 17.3 Å². The van der Waals surface area contributed by atoms with Crippen molar-refractivity contribution in [3.8, 4) is 11.5 Å². The topological polar surface area (TPSA) is 91.2 Å². The van der Waals surface area contributed by atoms with Crippen LogP contribution in [0.15, 0.2) is 53.4 Å². The number of thiazole rings is 1. The van der Waals surface area contributed by atoms with Gasteiger partial charge in [0.25, 0.3) is 0 Å². The number of alkyl halides is 3. The highest BCUT2D eigenvalue weighted by atomic mass is 32.1. The molecule has 2 heterocycles. The Bertz CT molecular complexity index is 1320. The highest BCUT2D eigenvalue weighted by molar-refractivity contribution is 7.07. The van der Waals surface area contributed by atoms with Gasteiger partial charge in [-0.2, -0.15) is 13.2 Å². The van der Waals surface area contributed by atoms with Crippen LogP contribution in [-0.2, 0) is 4.79 Å². The second-order valence-corrected chi connectivity index (χ2v) is 7.79. The summed E-state index contributed by atoms with van der Waals surface area (Å²) in [6.45, 7) is 1.93. The molecule has 0 unspecified atom stereocenters. The first kappa shape index (κ1) is 22.3. The van der Waals surface area contributed by atoms with Crippen molar-refractivity contribution >= 4 is 45.7 Å². The summed E-state index contributed by atoms with van der Waals surface area (Å²) >= 11 is 1.22. The summed E-state index contributed by atoms with van der Waals surface area (Å²) in [5.74, 6) is -2.34. The number of carbonyl (C=O) groups is 2. The summed E-state index contributed by atoms with van der Waals surface area (Å²) in [5, 5.41) is 4.27.